The molecule has 0 saturated carbocycles. The molecule has 1 heterocycles. The Balaban J connectivity index is 2.32. The largest absolute Gasteiger partial charge is 0.353 e. The molecular weight excluding hydrogens is 379 g/mol. The first-order valence-corrected chi connectivity index (χ1v) is 7.54. The predicted octanol–water partition coefficient (Wildman–Crippen LogP) is 2.30. The molecule has 0 spiro atoms. The van der Waals surface area contributed by atoms with Crippen LogP contribution in [0, 0.1) is 3.57 Å². The molecule has 1 aliphatic heterocycles. The average molecular weight is 393 g/mol. The normalized spacial score (nSPS) is 19.2. The minimum absolute atomic E-state index is 0.0841. The molecule has 1 unspecified atom stereocenters. The number of rotatable bonds is 2. The lowest BCUT2D eigenvalue weighted by atomic mass is 10.1. The Morgan fingerprint density at radius 3 is 3.00 bits per heavy atom. The number of halogens is 2. The van der Waals surface area contributed by atoms with Crippen LogP contribution in [0.5, 0.6) is 0 Å². The van der Waals surface area contributed by atoms with Crippen molar-refractivity contribution >= 4 is 46.0 Å². The Labute approximate surface area is 130 Å². The third-order valence-corrected chi connectivity index (χ3v) is 4.31. The Kier molecular flexibility index (Phi) is 4.67. The van der Waals surface area contributed by atoms with E-state index in [2.05, 4.69) is 27.9 Å². The fraction of sp³-hybridized carbons (Fsp3) is 0.385. The molecule has 0 aromatic heterocycles. The summed E-state index contributed by atoms with van der Waals surface area (Å²) in [6.45, 7) is 2.93. The third kappa shape index (κ3) is 3.02. The Hall–Kier alpha value is -0.820. The summed E-state index contributed by atoms with van der Waals surface area (Å²) in [5.74, 6) is -0.215. The van der Waals surface area contributed by atoms with Crippen molar-refractivity contribution < 1.29 is 9.59 Å². The van der Waals surface area contributed by atoms with Gasteiger partial charge in [-0.1, -0.05) is 18.5 Å². The summed E-state index contributed by atoms with van der Waals surface area (Å²) in [5, 5.41) is 3.31. The summed E-state index contributed by atoms with van der Waals surface area (Å²) < 4.78 is 0.841. The fourth-order valence-corrected chi connectivity index (χ4v) is 2.92. The zero-order chi connectivity index (χ0) is 14.0. The molecule has 1 atom stereocenters. The van der Waals surface area contributed by atoms with Crippen LogP contribution in [0.25, 0.3) is 0 Å². The van der Waals surface area contributed by atoms with Gasteiger partial charge in [0.2, 0.25) is 5.91 Å². The second-order valence-electron chi connectivity index (χ2n) is 4.34. The molecule has 102 valence electrons. The molecule has 2 amide bonds. The van der Waals surface area contributed by atoms with Crippen LogP contribution < -0.4 is 5.32 Å². The van der Waals surface area contributed by atoms with Gasteiger partial charge in [-0.05, 0) is 47.2 Å². The number of hydrogen-bond donors (Lipinski definition) is 1. The number of piperazine rings is 1. The highest BCUT2D eigenvalue weighted by molar-refractivity contribution is 14.1. The van der Waals surface area contributed by atoms with Gasteiger partial charge in [0, 0.05) is 21.7 Å². The lowest BCUT2D eigenvalue weighted by Crippen LogP contribution is -2.57. The van der Waals surface area contributed by atoms with Gasteiger partial charge < -0.3 is 10.2 Å². The maximum atomic E-state index is 12.6. The zero-order valence-corrected chi connectivity index (χ0v) is 13.4. The molecule has 1 saturated heterocycles. The molecule has 6 heteroatoms. The van der Waals surface area contributed by atoms with Crippen molar-refractivity contribution in [1.29, 1.82) is 0 Å². The lowest BCUT2D eigenvalue weighted by molar-refractivity contribution is -0.127. The maximum absolute atomic E-state index is 12.6. The van der Waals surface area contributed by atoms with E-state index in [1.54, 1.807) is 23.1 Å². The fourth-order valence-electron chi connectivity index (χ4n) is 2.18. The van der Waals surface area contributed by atoms with Gasteiger partial charge in [0.1, 0.15) is 6.04 Å². The topological polar surface area (TPSA) is 49.4 Å². The molecule has 1 N–H and O–H groups in total. The van der Waals surface area contributed by atoms with Crippen molar-refractivity contribution in [1.82, 2.24) is 10.2 Å². The Morgan fingerprint density at radius 2 is 2.32 bits per heavy atom. The minimum atomic E-state index is -0.393. The van der Waals surface area contributed by atoms with Crippen molar-refractivity contribution in [3.05, 3.63) is 32.4 Å². The molecule has 19 heavy (non-hydrogen) atoms. The molecule has 1 fully saturated rings. The first-order chi connectivity index (χ1) is 9.04. The van der Waals surface area contributed by atoms with E-state index in [0.29, 0.717) is 30.1 Å². The number of hydrogen-bond acceptors (Lipinski definition) is 2. The number of nitrogens with zero attached hydrogens (tertiary/aromatic N) is 1. The molecule has 1 aromatic carbocycles. The van der Waals surface area contributed by atoms with Gasteiger partial charge in [-0.15, -0.1) is 0 Å². The number of nitrogens with one attached hydrogen (secondary N) is 1. The van der Waals surface area contributed by atoms with Crippen LogP contribution in [-0.4, -0.2) is 35.8 Å². The number of carbonyl (C=O) groups is 2. The highest BCUT2D eigenvalue weighted by atomic mass is 127. The average Bonchev–Trinajstić information content (AvgIpc) is 2.40. The number of carbonyl (C=O) groups excluding carboxylic acids is 2. The van der Waals surface area contributed by atoms with E-state index in [-0.39, 0.29) is 11.8 Å². The van der Waals surface area contributed by atoms with Crippen LogP contribution in [-0.2, 0) is 4.79 Å². The van der Waals surface area contributed by atoms with Gasteiger partial charge in [0.15, 0.2) is 0 Å². The van der Waals surface area contributed by atoms with Crippen molar-refractivity contribution in [2.45, 2.75) is 19.4 Å². The van der Waals surface area contributed by atoms with Crippen molar-refractivity contribution in [3.63, 3.8) is 0 Å². The van der Waals surface area contributed by atoms with Gasteiger partial charge in [-0.2, -0.15) is 0 Å². The van der Waals surface area contributed by atoms with Gasteiger partial charge in [-0.25, -0.2) is 0 Å². The van der Waals surface area contributed by atoms with Crippen LogP contribution in [0.4, 0.5) is 0 Å². The van der Waals surface area contributed by atoms with Crippen LogP contribution in [0.2, 0.25) is 5.02 Å². The van der Waals surface area contributed by atoms with E-state index in [0.717, 1.165) is 3.57 Å². The van der Waals surface area contributed by atoms with Gasteiger partial charge in [-0.3, -0.25) is 9.59 Å². The molecule has 0 aliphatic carbocycles. The monoisotopic (exact) mass is 392 g/mol. The molecular formula is C13H14ClIN2O2. The molecule has 0 radical (unpaired) electrons. The second-order valence-corrected chi connectivity index (χ2v) is 5.94. The van der Waals surface area contributed by atoms with E-state index in [1.807, 2.05) is 6.92 Å². The first-order valence-electron chi connectivity index (χ1n) is 6.08. The Bertz CT molecular complexity index is 521. The predicted molar refractivity (Wildman–Crippen MR) is 82.3 cm³/mol. The van der Waals surface area contributed by atoms with Gasteiger partial charge in [0.05, 0.1) is 5.56 Å². The molecule has 4 nitrogen and oxygen atoms in total. The molecule has 1 aliphatic rings. The summed E-state index contributed by atoms with van der Waals surface area (Å²) in [6.07, 6.45) is 0.606. The number of benzene rings is 1. The highest BCUT2D eigenvalue weighted by Crippen LogP contribution is 2.21. The zero-order valence-electron chi connectivity index (χ0n) is 10.5. The SMILES string of the molecule is CCC1C(=O)NCCN1C(=O)c1cc(Cl)ccc1I. The van der Waals surface area contributed by atoms with E-state index < -0.39 is 6.04 Å². The smallest absolute Gasteiger partial charge is 0.255 e. The maximum Gasteiger partial charge on any atom is 0.255 e. The summed E-state index contributed by atoms with van der Waals surface area (Å²) in [4.78, 5) is 26.0. The summed E-state index contributed by atoms with van der Waals surface area (Å²) in [5.41, 5.74) is 0.557. The van der Waals surface area contributed by atoms with Gasteiger partial charge in [0.25, 0.3) is 5.91 Å². The second kappa shape index (κ2) is 6.09. The lowest BCUT2D eigenvalue weighted by Gasteiger charge is -2.34. The van der Waals surface area contributed by atoms with Crippen molar-refractivity contribution in [2.75, 3.05) is 13.1 Å². The summed E-state index contributed by atoms with van der Waals surface area (Å²) in [7, 11) is 0. The number of amides is 2. The van der Waals surface area contributed by atoms with Crippen LogP contribution >= 0.6 is 34.2 Å². The van der Waals surface area contributed by atoms with Gasteiger partial charge >= 0.3 is 0 Å². The quantitative estimate of drug-likeness (QED) is 0.785. The molecule has 1 aromatic rings. The minimum Gasteiger partial charge on any atom is -0.353 e. The van der Waals surface area contributed by atoms with E-state index in [1.165, 1.54) is 0 Å². The summed E-state index contributed by atoms with van der Waals surface area (Å²) >= 11 is 8.05. The van der Waals surface area contributed by atoms with Crippen LogP contribution in [0.15, 0.2) is 18.2 Å². The van der Waals surface area contributed by atoms with E-state index in [9.17, 15) is 9.59 Å². The van der Waals surface area contributed by atoms with E-state index >= 15 is 0 Å². The van der Waals surface area contributed by atoms with Crippen molar-refractivity contribution in [3.8, 4) is 0 Å². The van der Waals surface area contributed by atoms with Crippen LogP contribution in [0.3, 0.4) is 0 Å². The first kappa shape index (κ1) is 14.6. The summed E-state index contributed by atoms with van der Waals surface area (Å²) in [6, 6.07) is 4.82. The van der Waals surface area contributed by atoms with Crippen molar-refractivity contribution in [2.24, 2.45) is 0 Å². The highest BCUT2D eigenvalue weighted by Gasteiger charge is 2.32. The molecule has 2 rings (SSSR count). The van der Waals surface area contributed by atoms with Crippen LogP contribution in [0.1, 0.15) is 23.7 Å². The standard InChI is InChI=1S/C13H14ClIN2O2/c1-2-11-12(18)16-5-6-17(11)13(19)9-7-8(14)3-4-10(9)15/h3-4,7,11H,2,5-6H2,1H3,(H,16,18). The molecule has 0 bridgehead atoms. The third-order valence-electron chi connectivity index (χ3n) is 3.14. The Morgan fingerprint density at radius 1 is 1.58 bits per heavy atom. The van der Waals surface area contributed by atoms with E-state index in [4.69, 9.17) is 11.6 Å².